The molecule has 0 aliphatic heterocycles. The van der Waals surface area contributed by atoms with Crippen LogP contribution >= 0.6 is 0 Å². The molecule has 0 atom stereocenters. The second-order valence-electron chi connectivity index (χ2n) is 8.69. The van der Waals surface area contributed by atoms with Crippen LogP contribution in [0.2, 0.25) is 0 Å². The van der Waals surface area contributed by atoms with Gasteiger partial charge in [-0.1, -0.05) is 0 Å². The fourth-order valence-electron chi connectivity index (χ4n) is 3.75. The molecule has 0 saturated heterocycles. The van der Waals surface area contributed by atoms with E-state index in [1.165, 1.54) is 6.07 Å². The Morgan fingerprint density at radius 1 is 0.867 bits per heavy atom. The third kappa shape index (κ3) is 3.05. The molecule has 3 aromatic heterocycles. The van der Waals surface area contributed by atoms with E-state index in [4.69, 9.17) is 9.97 Å². The third-order valence-corrected chi connectivity index (χ3v) is 7.86. The number of aryl methyl sites for hydroxylation is 1. The first kappa shape index (κ1) is 19.3. The summed E-state index contributed by atoms with van der Waals surface area (Å²) in [5, 5.41) is 1.23. The molecule has 0 amide bonds. The summed E-state index contributed by atoms with van der Waals surface area (Å²) >= 11 is -0.265. The molecule has 5 rings (SSSR count). The maximum absolute atomic E-state index is 14.7. The molecule has 5 aromatic rings. The second-order valence-corrected chi connectivity index (χ2v) is 10.9. The standard InChI is InChI=1S/C25H20F2N2Se/c1-13-11-16(26)24-22(23(13)27)15-6-5-14(12-20(15)30-24)17-7-8-19-18(28-17)9-10-21(29-19)25(2,3)4/h5-12H,1-4H3. The SMILES string of the molecule is Cc1cc(F)c2[se]c3cc(-c4ccc5nc(C(C)(C)C)ccc5n4)ccc3c2c1F. The first-order valence-corrected chi connectivity index (χ1v) is 11.5. The van der Waals surface area contributed by atoms with Crippen molar-refractivity contribution in [1.29, 1.82) is 0 Å². The van der Waals surface area contributed by atoms with Crippen molar-refractivity contribution < 1.29 is 8.78 Å². The van der Waals surface area contributed by atoms with Gasteiger partial charge < -0.3 is 0 Å². The number of fused-ring (bicyclic) bond motifs is 4. The molecule has 0 aliphatic rings. The van der Waals surface area contributed by atoms with E-state index < -0.39 is 0 Å². The zero-order valence-electron chi connectivity index (χ0n) is 17.2. The minimum atomic E-state index is -0.315. The van der Waals surface area contributed by atoms with E-state index in [1.807, 2.05) is 42.5 Å². The summed E-state index contributed by atoms with van der Waals surface area (Å²) in [6.45, 7) is 8.03. The minimum absolute atomic E-state index is 0.0210. The Balaban J connectivity index is 1.65. The number of nitrogens with zero attached hydrogens (tertiary/aromatic N) is 2. The number of aromatic nitrogens is 2. The van der Waals surface area contributed by atoms with Crippen LogP contribution < -0.4 is 0 Å². The number of pyridine rings is 2. The molecule has 0 N–H and O–H groups in total. The number of benzene rings is 2. The average molecular weight is 465 g/mol. The van der Waals surface area contributed by atoms with Gasteiger partial charge in [0.05, 0.1) is 0 Å². The molecule has 0 unspecified atom stereocenters. The van der Waals surface area contributed by atoms with Gasteiger partial charge in [-0.25, -0.2) is 0 Å². The van der Waals surface area contributed by atoms with Gasteiger partial charge in [0, 0.05) is 0 Å². The van der Waals surface area contributed by atoms with Crippen LogP contribution in [0.25, 0.3) is 41.6 Å². The van der Waals surface area contributed by atoms with Crippen molar-refractivity contribution >= 4 is 44.8 Å². The molecule has 5 heteroatoms. The van der Waals surface area contributed by atoms with Crippen LogP contribution in [-0.4, -0.2) is 24.5 Å². The fourth-order valence-corrected chi connectivity index (χ4v) is 6.15. The van der Waals surface area contributed by atoms with Gasteiger partial charge in [0.25, 0.3) is 0 Å². The van der Waals surface area contributed by atoms with Crippen molar-refractivity contribution in [2.24, 2.45) is 0 Å². The predicted octanol–water partition coefficient (Wildman–Crippen LogP) is 6.54. The van der Waals surface area contributed by atoms with E-state index in [0.717, 1.165) is 37.6 Å². The normalized spacial score (nSPS) is 12.3. The number of halogens is 2. The van der Waals surface area contributed by atoms with Crippen LogP contribution in [0.4, 0.5) is 8.78 Å². The number of hydrogen-bond acceptors (Lipinski definition) is 2. The van der Waals surface area contributed by atoms with Gasteiger partial charge in [0.15, 0.2) is 0 Å². The Morgan fingerprint density at radius 2 is 1.60 bits per heavy atom. The van der Waals surface area contributed by atoms with E-state index in [9.17, 15) is 8.78 Å². The van der Waals surface area contributed by atoms with Crippen molar-refractivity contribution in [3.8, 4) is 11.3 Å². The molecule has 2 nitrogen and oxygen atoms in total. The summed E-state index contributed by atoms with van der Waals surface area (Å²) in [7, 11) is 0. The van der Waals surface area contributed by atoms with Gasteiger partial charge in [0.2, 0.25) is 0 Å². The zero-order chi connectivity index (χ0) is 21.2. The molecule has 30 heavy (non-hydrogen) atoms. The molecule has 2 aromatic carbocycles. The molecule has 0 radical (unpaired) electrons. The molecule has 0 spiro atoms. The maximum atomic E-state index is 14.7. The van der Waals surface area contributed by atoms with Gasteiger partial charge in [-0.3, -0.25) is 0 Å². The van der Waals surface area contributed by atoms with E-state index in [2.05, 4.69) is 20.8 Å². The monoisotopic (exact) mass is 466 g/mol. The predicted molar refractivity (Wildman–Crippen MR) is 120 cm³/mol. The van der Waals surface area contributed by atoms with Crippen LogP contribution in [0.3, 0.4) is 0 Å². The quantitative estimate of drug-likeness (QED) is 0.263. The number of hydrogen-bond donors (Lipinski definition) is 0. The number of rotatable bonds is 1. The fraction of sp³-hybridized carbons (Fsp3) is 0.200. The van der Waals surface area contributed by atoms with Gasteiger partial charge >= 0.3 is 179 Å². The topological polar surface area (TPSA) is 25.8 Å². The Hall–Kier alpha value is -2.62. The van der Waals surface area contributed by atoms with Crippen LogP contribution in [0, 0.1) is 18.6 Å². The van der Waals surface area contributed by atoms with Crippen molar-refractivity contribution in [3.05, 3.63) is 71.4 Å². The molecular formula is C25H20F2N2Se. The molecular weight excluding hydrogens is 445 g/mol. The zero-order valence-corrected chi connectivity index (χ0v) is 18.9. The van der Waals surface area contributed by atoms with Gasteiger partial charge in [-0.15, -0.1) is 0 Å². The van der Waals surface area contributed by atoms with Crippen LogP contribution in [0.5, 0.6) is 0 Å². The molecule has 0 aliphatic carbocycles. The Labute approximate surface area is 179 Å². The van der Waals surface area contributed by atoms with Gasteiger partial charge in [-0.2, -0.15) is 0 Å². The van der Waals surface area contributed by atoms with E-state index in [0.29, 0.717) is 15.2 Å². The summed E-state index contributed by atoms with van der Waals surface area (Å²) in [6.07, 6.45) is 0. The van der Waals surface area contributed by atoms with Crippen LogP contribution in [-0.2, 0) is 5.41 Å². The molecule has 0 fully saturated rings. The average Bonchev–Trinajstić information content (AvgIpc) is 3.10. The summed E-state index contributed by atoms with van der Waals surface area (Å²) in [5.74, 6) is -0.629. The van der Waals surface area contributed by atoms with E-state index >= 15 is 0 Å². The third-order valence-electron chi connectivity index (χ3n) is 5.42. The summed E-state index contributed by atoms with van der Waals surface area (Å²) in [4.78, 5) is 9.54. The second kappa shape index (κ2) is 6.69. The van der Waals surface area contributed by atoms with E-state index in [-0.39, 0.29) is 31.6 Å². The summed E-state index contributed by atoms with van der Waals surface area (Å²) < 4.78 is 30.6. The van der Waals surface area contributed by atoms with Crippen molar-refractivity contribution in [1.82, 2.24) is 9.97 Å². The van der Waals surface area contributed by atoms with Crippen LogP contribution in [0.1, 0.15) is 32.0 Å². The summed E-state index contributed by atoms with van der Waals surface area (Å²) in [6, 6.07) is 15.1. The summed E-state index contributed by atoms with van der Waals surface area (Å²) in [5.41, 5.74) is 4.83. The Morgan fingerprint density at radius 3 is 2.37 bits per heavy atom. The van der Waals surface area contributed by atoms with Gasteiger partial charge in [0.1, 0.15) is 0 Å². The first-order valence-electron chi connectivity index (χ1n) is 9.82. The van der Waals surface area contributed by atoms with Gasteiger partial charge in [-0.05, 0) is 0 Å². The van der Waals surface area contributed by atoms with Crippen molar-refractivity contribution in [2.45, 2.75) is 33.1 Å². The Kier molecular flexibility index (Phi) is 4.32. The molecule has 3 heterocycles. The van der Waals surface area contributed by atoms with Crippen molar-refractivity contribution in [2.75, 3.05) is 0 Å². The van der Waals surface area contributed by atoms with Crippen LogP contribution in [0.15, 0.2) is 48.5 Å². The first-order chi connectivity index (χ1) is 14.2. The van der Waals surface area contributed by atoms with E-state index in [1.54, 1.807) is 6.92 Å². The molecule has 150 valence electrons. The van der Waals surface area contributed by atoms with Crippen molar-refractivity contribution in [3.63, 3.8) is 0 Å². The Bertz CT molecular complexity index is 1460. The molecule has 0 saturated carbocycles. The molecule has 0 bridgehead atoms.